The summed E-state index contributed by atoms with van der Waals surface area (Å²) in [6.45, 7) is 6.86. The van der Waals surface area contributed by atoms with E-state index in [9.17, 15) is 9.18 Å². The van der Waals surface area contributed by atoms with Crippen LogP contribution < -0.4 is 16.0 Å². The van der Waals surface area contributed by atoms with Crippen LogP contribution in [0.2, 0.25) is 0 Å². The SMILES string of the molecule is CCN(c1ccc2c(c1)[C@H]1O[C@@H]2c2ccc(C(=O)NCc3c(C)cc(N)nc3C)cc21)c1ccccc1F. The van der Waals surface area contributed by atoms with Crippen LogP contribution in [-0.4, -0.2) is 17.4 Å². The van der Waals surface area contributed by atoms with Crippen LogP contribution in [0.3, 0.4) is 0 Å². The van der Waals surface area contributed by atoms with Gasteiger partial charge in [-0.25, -0.2) is 9.37 Å². The standard InChI is InChI=1S/C31H29FN4O2/c1-4-36(27-8-6-5-7-26(27)32)20-10-12-22-24(15-20)30-23-14-19(9-11-21(23)29(22)38-30)31(37)34-16-25-17(2)13-28(33)35-18(25)3/h5-15,29-30H,4,16H2,1-3H3,(H2,33,35)(H,34,37)/t29-,30+/m1/s1. The van der Waals surface area contributed by atoms with E-state index in [1.165, 1.54) is 6.07 Å². The van der Waals surface area contributed by atoms with E-state index < -0.39 is 0 Å². The molecule has 192 valence electrons. The van der Waals surface area contributed by atoms with Crippen molar-refractivity contribution in [1.82, 2.24) is 10.3 Å². The van der Waals surface area contributed by atoms with Crippen molar-refractivity contribution in [2.75, 3.05) is 17.2 Å². The molecular weight excluding hydrogens is 479 g/mol. The van der Waals surface area contributed by atoms with E-state index in [1.54, 1.807) is 12.1 Å². The summed E-state index contributed by atoms with van der Waals surface area (Å²) < 4.78 is 20.9. The molecule has 3 heterocycles. The molecular formula is C31H29FN4O2. The van der Waals surface area contributed by atoms with Crippen LogP contribution in [0.4, 0.5) is 21.6 Å². The lowest BCUT2D eigenvalue weighted by Gasteiger charge is -2.26. The van der Waals surface area contributed by atoms with Crippen LogP contribution in [-0.2, 0) is 11.3 Å². The summed E-state index contributed by atoms with van der Waals surface area (Å²) >= 11 is 0. The minimum absolute atomic E-state index is 0.156. The number of nitrogens with two attached hydrogens (primary N) is 1. The van der Waals surface area contributed by atoms with Gasteiger partial charge in [0.15, 0.2) is 0 Å². The lowest BCUT2D eigenvalue weighted by atomic mass is 9.85. The first kappa shape index (κ1) is 24.1. The Labute approximate surface area is 221 Å². The molecule has 2 atom stereocenters. The van der Waals surface area contributed by atoms with Crippen molar-refractivity contribution in [2.45, 2.75) is 39.5 Å². The van der Waals surface area contributed by atoms with Gasteiger partial charge in [-0.15, -0.1) is 0 Å². The van der Waals surface area contributed by atoms with Gasteiger partial charge < -0.3 is 20.7 Å². The van der Waals surface area contributed by atoms with E-state index in [-0.39, 0.29) is 23.9 Å². The molecule has 4 aromatic rings. The molecule has 38 heavy (non-hydrogen) atoms. The summed E-state index contributed by atoms with van der Waals surface area (Å²) in [5.74, 6) is 0.0637. The van der Waals surface area contributed by atoms with Gasteiger partial charge in [0.05, 0.1) is 5.69 Å². The summed E-state index contributed by atoms with van der Waals surface area (Å²) in [5, 5.41) is 3.02. The highest BCUT2D eigenvalue weighted by Crippen LogP contribution is 2.55. The number of halogens is 1. The Balaban J connectivity index is 1.26. The Kier molecular flexibility index (Phi) is 5.88. The zero-order chi connectivity index (χ0) is 26.6. The molecule has 6 nitrogen and oxygen atoms in total. The van der Waals surface area contributed by atoms with Gasteiger partial charge in [-0.3, -0.25) is 4.79 Å². The first-order valence-corrected chi connectivity index (χ1v) is 12.8. The van der Waals surface area contributed by atoms with Gasteiger partial charge in [0.1, 0.15) is 23.8 Å². The van der Waals surface area contributed by atoms with Crippen LogP contribution in [0.1, 0.15) is 68.6 Å². The minimum Gasteiger partial charge on any atom is -0.384 e. The van der Waals surface area contributed by atoms with Gasteiger partial charge in [0.2, 0.25) is 0 Å². The normalized spacial score (nSPS) is 16.7. The number of carbonyl (C=O) groups excluding carboxylic acids is 1. The monoisotopic (exact) mass is 508 g/mol. The number of benzene rings is 3. The Morgan fingerprint density at radius 1 is 1.00 bits per heavy atom. The highest BCUT2D eigenvalue weighted by Gasteiger charge is 2.43. The highest BCUT2D eigenvalue weighted by atomic mass is 19.1. The zero-order valence-electron chi connectivity index (χ0n) is 21.6. The van der Waals surface area contributed by atoms with Crippen molar-refractivity contribution >= 4 is 23.1 Å². The maximum absolute atomic E-state index is 14.6. The number of hydrogen-bond acceptors (Lipinski definition) is 5. The number of aryl methyl sites for hydroxylation is 2. The first-order valence-electron chi connectivity index (χ1n) is 12.8. The number of amides is 1. The fourth-order valence-corrected chi connectivity index (χ4v) is 5.73. The molecule has 2 bridgehead atoms. The van der Waals surface area contributed by atoms with Crippen molar-refractivity contribution in [3.63, 3.8) is 0 Å². The summed E-state index contributed by atoms with van der Waals surface area (Å²) in [6.07, 6.45) is -0.423. The molecule has 1 aromatic heterocycles. The van der Waals surface area contributed by atoms with E-state index in [0.29, 0.717) is 30.2 Å². The van der Waals surface area contributed by atoms with Crippen LogP contribution in [0, 0.1) is 19.7 Å². The minimum atomic E-state index is -0.261. The molecule has 1 amide bonds. The number of rotatable bonds is 6. The molecule has 0 fully saturated rings. The third kappa shape index (κ3) is 3.90. The highest BCUT2D eigenvalue weighted by molar-refractivity contribution is 5.94. The number of fused-ring (bicyclic) bond motifs is 8. The molecule has 0 saturated heterocycles. The second-order valence-electron chi connectivity index (χ2n) is 9.86. The maximum atomic E-state index is 14.6. The number of carbonyl (C=O) groups is 1. The van der Waals surface area contributed by atoms with E-state index in [1.807, 2.05) is 62.1 Å². The summed E-state index contributed by atoms with van der Waals surface area (Å²) in [7, 11) is 0. The average Bonchev–Trinajstić information content (AvgIpc) is 3.46. The Hall–Kier alpha value is -4.23. The van der Waals surface area contributed by atoms with Crippen LogP contribution in [0.5, 0.6) is 0 Å². The fraction of sp³-hybridized carbons (Fsp3) is 0.226. The molecule has 0 spiro atoms. The lowest BCUT2D eigenvalue weighted by Crippen LogP contribution is -2.24. The lowest BCUT2D eigenvalue weighted by molar-refractivity contribution is 0.0857. The fourth-order valence-electron chi connectivity index (χ4n) is 5.73. The smallest absolute Gasteiger partial charge is 0.251 e. The Morgan fingerprint density at radius 2 is 1.71 bits per heavy atom. The van der Waals surface area contributed by atoms with Gasteiger partial charge in [-0.2, -0.15) is 0 Å². The number of anilines is 3. The molecule has 0 saturated carbocycles. The van der Waals surface area contributed by atoms with Crippen molar-refractivity contribution < 1.29 is 13.9 Å². The van der Waals surface area contributed by atoms with E-state index >= 15 is 0 Å². The third-order valence-corrected chi connectivity index (χ3v) is 7.59. The number of pyridine rings is 1. The topological polar surface area (TPSA) is 80.5 Å². The van der Waals surface area contributed by atoms with Crippen LogP contribution in [0.25, 0.3) is 0 Å². The van der Waals surface area contributed by atoms with Crippen molar-refractivity contribution in [3.8, 4) is 0 Å². The maximum Gasteiger partial charge on any atom is 0.251 e. The molecule has 2 aliphatic heterocycles. The van der Waals surface area contributed by atoms with E-state index in [4.69, 9.17) is 10.5 Å². The Morgan fingerprint density at radius 3 is 2.45 bits per heavy atom. The molecule has 7 heteroatoms. The number of ether oxygens (including phenoxy) is 1. The zero-order valence-corrected chi connectivity index (χ0v) is 21.6. The number of nitrogens with zero attached hydrogens (tertiary/aromatic N) is 2. The van der Waals surface area contributed by atoms with E-state index in [0.717, 1.165) is 44.8 Å². The van der Waals surface area contributed by atoms with Crippen LogP contribution in [0.15, 0.2) is 66.7 Å². The summed E-state index contributed by atoms with van der Waals surface area (Å²) in [5.41, 5.74) is 14.9. The average molecular weight is 509 g/mol. The van der Waals surface area contributed by atoms with Gasteiger partial charge in [-0.1, -0.05) is 24.3 Å². The van der Waals surface area contributed by atoms with Gasteiger partial charge >= 0.3 is 0 Å². The molecule has 2 aliphatic rings. The number of nitrogens with one attached hydrogen (secondary N) is 1. The quantitative estimate of drug-likeness (QED) is 0.332. The summed E-state index contributed by atoms with van der Waals surface area (Å²) in [4.78, 5) is 19.4. The molecule has 3 aromatic carbocycles. The largest absolute Gasteiger partial charge is 0.384 e. The third-order valence-electron chi connectivity index (χ3n) is 7.59. The Bertz CT molecular complexity index is 1560. The van der Waals surface area contributed by atoms with Crippen molar-refractivity contribution in [2.24, 2.45) is 0 Å². The predicted molar refractivity (Wildman–Crippen MR) is 146 cm³/mol. The summed E-state index contributed by atoms with van der Waals surface area (Å²) in [6, 6.07) is 20.6. The first-order chi connectivity index (χ1) is 18.4. The molecule has 3 N–H and O–H groups in total. The number of aromatic nitrogens is 1. The predicted octanol–water partition coefficient (Wildman–Crippen LogP) is 6.03. The molecule has 6 rings (SSSR count). The van der Waals surface area contributed by atoms with Crippen molar-refractivity contribution in [1.29, 1.82) is 0 Å². The van der Waals surface area contributed by atoms with Gasteiger partial charge in [0.25, 0.3) is 5.91 Å². The molecule has 0 unspecified atom stereocenters. The van der Waals surface area contributed by atoms with Gasteiger partial charge in [0, 0.05) is 30.0 Å². The van der Waals surface area contributed by atoms with E-state index in [2.05, 4.69) is 22.4 Å². The number of nitrogen functional groups attached to an aromatic ring is 1. The van der Waals surface area contributed by atoms with Gasteiger partial charge in [-0.05, 0) is 96.6 Å². The van der Waals surface area contributed by atoms with Crippen LogP contribution >= 0.6 is 0 Å². The molecule has 0 aliphatic carbocycles. The second-order valence-corrected chi connectivity index (χ2v) is 9.86. The number of hydrogen-bond donors (Lipinski definition) is 2. The number of para-hydroxylation sites is 1. The molecule has 0 radical (unpaired) electrons. The second kappa shape index (κ2) is 9.26. The van der Waals surface area contributed by atoms with Crippen molar-refractivity contribution in [3.05, 3.63) is 117 Å².